The molecule has 4 aromatic rings. The van der Waals surface area contributed by atoms with E-state index in [1.54, 1.807) is 25.3 Å². The molecule has 4 rings (SSSR count). The summed E-state index contributed by atoms with van der Waals surface area (Å²) >= 11 is 7.64. The number of rotatable bonds is 5. The molecule has 0 bridgehead atoms. The van der Waals surface area contributed by atoms with Crippen molar-refractivity contribution in [2.45, 2.75) is 0 Å². The second kappa shape index (κ2) is 8.27. The number of thiazole rings is 1. The first-order valence-corrected chi connectivity index (χ1v) is 9.74. The van der Waals surface area contributed by atoms with Gasteiger partial charge in [0.05, 0.1) is 17.8 Å². The molecule has 8 heteroatoms. The Morgan fingerprint density at radius 3 is 2.86 bits per heavy atom. The maximum atomic E-state index is 9.55. The fourth-order valence-electron chi connectivity index (χ4n) is 2.62. The Kier molecular flexibility index (Phi) is 5.38. The number of aromatic nitrogens is 3. The molecule has 0 fully saturated rings. The molecule has 2 aromatic carbocycles. The van der Waals surface area contributed by atoms with E-state index in [2.05, 4.69) is 21.2 Å². The van der Waals surface area contributed by atoms with Crippen LogP contribution in [0.2, 0.25) is 5.02 Å². The molecule has 0 spiro atoms. The maximum absolute atomic E-state index is 9.55. The lowest BCUT2D eigenvalue weighted by molar-refractivity contribution is 0.409. The molecule has 0 aliphatic carbocycles. The summed E-state index contributed by atoms with van der Waals surface area (Å²) < 4.78 is 10.5. The van der Waals surface area contributed by atoms with Crippen LogP contribution in [0, 0.1) is 11.3 Å². The van der Waals surface area contributed by atoms with Crippen LogP contribution in [0.5, 0.6) is 5.75 Å². The summed E-state index contributed by atoms with van der Waals surface area (Å²) in [5.74, 6) is 1.19. The normalized spacial score (nSPS) is 11.3. The highest BCUT2D eigenvalue weighted by Gasteiger charge is 2.15. The van der Waals surface area contributed by atoms with Gasteiger partial charge in [-0.3, -0.25) is 0 Å². The van der Waals surface area contributed by atoms with Gasteiger partial charge in [-0.2, -0.15) is 10.2 Å². The van der Waals surface area contributed by atoms with Crippen LogP contribution in [0.1, 0.15) is 11.6 Å². The van der Waals surface area contributed by atoms with Crippen LogP contribution in [0.15, 0.2) is 58.4 Å². The van der Waals surface area contributed by atoms with Gasteiger partial charge < -0.3 is 9.26 Å². The molecule has 0 saturated heterocycles. The van der Waals surface area contributed by atoms with E-state index in [0.717, 1.165) is 16.3 Å². The van der Waals surface area contributed by atoms with Crippen molar-refractivity contribution in [1.29, 1.82) is 5.26 Å². The zero-order valence-corrected chi connectivity index (χ0v) is 16.7. The first-order chi connectivity index (χ1) is 14.2. The predicted molar refractivity (Wildman–Crippen MR) is 112 cm³/mol. The third kappa shape index (κ3) is 4.04. The first kappa shape index (κ1) is 18.9. The molecule has 142 valence electrons. The molecular formula is C21H13ClN4O2S. The molecule has 0 N–H and O–H groups in total. The van der Waals surface area contributed by atoms with E-state index in [-0.39, 0.29) is 11.5 Å². The fraction of sp³-hybridized carbons (Fsp3) is 0.0476. The highest BCUT2D eigenvalue weighted by molar-refractivity contribution is 7.13. The summed E-state index contributed by atoms with van der Waals surface area (Å²) in [7, 11) is 1.62. The molecule has 0 aliphatic rings. The molecule has 2 heterocycles. The summed E-state index contributed by atoms with van der Waals surface area (Å²) in [6.45, 7) is 0. The number of hydrogen-bond donors (Lipinski definition) is 0. The SMILES string of the molecule is COc1cccc(-c2nc(/C=C(\C#N)c3nc(-c4ccccc4Cl)no3)cs2)c1. The van der Waals surface area contributed by atoms with E-state index in [1.165, 1.54) is 11.3 Å². The molecule has 2 aromatic heterocycles. The molecule has 0 atom stereocenters. The van der Waals surface area contributed by atoms with Crippen molar-refractivity contribution in [2.75, 3.05) is 7.11 Å². The van der Waals surface area contributed by atoms with Crippen LogP contribution in [0.25, 0.3) is 33.6 Å². The van der Waals surface area contributed by atoms with Gasteiger partial charge in [-0.05, 0) is 30.3 Å². The Morgan fingerprint density at radius 1 is 1.21 bits per heavy atom. The zero-order chi connectivity index (χ0) is 20.2. The summed E-state index contributed by atoms with van der Waals surface area (Å²) in [6.07, 6.45) is 1.62. The number of halogens is 1. The monoisotopic (exact) mass is 420 g/mol. The molecule has 0 radical (unpaired) electrons. The number of allylic oxidation sites excluding steroid dienone is 1. The molecule has 0 aliphatic heterocycles. The van der Waals surface area contributed by atoms with Gasteiger partial charge in [-0.15, -0.1) is 11.3 Å². The highest BCUT2D eigenvalue weighted by atomic mass is 35.5. The van der Waals surface area contributed by atoms with E-state index >= 15 is 0 Å². The van der Waals surface area contributed by atoms with Crippen LogP contribution in [-0.2, 0) is 0 Å². The van der Waals surface area contributed by atoms with Gasteiger partial charge in [0.25, 0.3) is 5.89 Å². The van der Waals surface area contributed by atoms with Crippen molar-refractivity contribution in [3.63, 3.8) is 0 Å². The van der Waals surface area contributed by atoms with Crippen LogP contribution in [0.3, 0.4) is 0 Å². The lowest BCUT2D eigenvalue weighted by Crippen LogP contribution is -1.85. The molecule has 6 nitrogen and oxygen atoms in total. The van der Waals surface area contributed by atoms with E-state index in [0.29, 0.717) is 22.1 Å². The summed E-state index contributed by atoms with van der Waals surface area (Å²) in [6, 6.07) is 16.9. The van der Waals surface area contributed by atoms with Crippen molar-refractivity contribution in [3.05, 3.63) is 70.5 Å². The summed E-state index contributed by atoms with van der Waals surface area (Å²) in [5, 5.41) is 16.7. The average Bonchev–Trinajstić information content (AvgIpc) is 3.42. The topological polar surface area (TPSA) is 84.8 Å². The molecule has 29 heavy (non-hydrogen) atoms. The largest absolute Gasteiger partial charge is 0.497 e. The van der Waals surface area contributed by atoms with E-state index in [1.807, 2.05) is 41.8 Å². The number of benzene rings is 2. The second-order valence-corrected chi connectivity index (χ2v) is 7.15. The van der Waals surface area contributed by atoms with E-state index < -0.39 is 0 Å². The molecular weight excluding hydrogens is 408 g/mol. The Labute approximate surface area is 175 Å². The minimum atomic E-state index is 0.110. The molecule has 0 saturated carbocycles. The van der Waals surface area contributed by atoms with Gasteiger partial charge in [-0.1, -0.05) is 41.0 Å². The summed E-state index contributed by atoms with van der Waals surface area (Å²) in [5.41, 5.74) is 2.42. The van der Waals surface area contributed by atoms with Gasteiger partial charge in [0, 0.05) is 16.5 Å². The van der Waals surface area contributed by atoms with E-state index in [4.69, 9.17) is 20.9 Å². The van der Waals surface area contributed by atoms with Crippen molar-refractivity contribution < 1.29 is 9.26 Å². The number of ether oxygens (including phenoxy) is 1. The van der Waals surface area contributed by atoms with Crippen LogP contribution in [-0.4, -0.2) is 22.2 Å². The third-order valence-corrected chi connectivity index (χ3v) is 5.26. The van der Waals surface area contributed by atoms with Crippen LogP contribution < -0.4 is 4.74 Å². The standard InChI is InChI=1S/C21H13ClN4O2S/c1-27-16-6-4-5-13(10-16)21-24-15(12-29-21)9-14(11-23)20-25-19(26-28-20)17-7-2-3-8-18(17)22/h2-10,12H,1H3/b14-9+. The Balaban J connectivity index is 1.63. The van der Waals surface area contributed by atoms with Crippen LogP contribution >= 0.6 is 22.9 Å². The minimum absolute atomic E-state index is 0.110. The van der Waals surface area contributed by atoms with Gasteiger partial charge in [0.15, 0.2) is 0 Å². The number of nitrogens with zero attached hydrogens (tertiary/aromatic N) is 4. The number of nitriles is 1. The minimum Gasteiger partial charge on any atom is -0.497 e. The Bertz CT molecular complexity index is 1240. The fourth-order valence-corrected chi connectivity index (χ4v) is 3.61. The second-order valence-electron chi connectivity index (χ2n) is 5.88. The smallest absolute Gasteiger partial charge is 0.268 e. The lowest BCUT2D eigenvalue weighted by atomic mass is 10.2. The lowest BCUT2D eigenvalue weighted by Gasteiger charge is -2.00. The van der Waals surface area contributed by atoms with Crippen molar-refractivity contribution in [3.8, 4) is 33.8 Å². The summed E-state index contributed by atoms with van der Waals surface area (Å²) in [4.78, 5) is 8.88. The van der Waals surface area contributed by atoms with Gasteiger partial charge >= 0.3 is 0 Å². The predicted octanol–water partition coefficient (Wildman–Crippen LogP) is 5.59. The molecule has 0 unspecified atom stereocenters. The van der Waals surface area contributed by atoms with Crippen molar-refractivity contribution in [2.24, 2.45) is 0 Å². The Morgan fingerprint density at radius 2 is 2.07 bits per heavy atom. The van der Waals surface area contributed by atoms with Gasteiger partial charge in [-0.25, -0.2) is 4.98 Å². The highest BCUT2D eigenvalue weighted by Crippen LogP contribution is 2.29. The van der Waals surface area contributed by atoms with Crippen LogP contribution in [0.4, 0.5) is 0 Å². The third-order valence-electron chi connectivity index (χ3n) is 4.02. The average molecular weight is 421 g/mol. The maximum Gasteiger partial charge on any atom is 0.268 e. The van der Waals surface area contributed by atoms with Gasteiger partial charge in [0.2, 0.25) is 5.82 Å². The number of hydrogen-bond acceptors (Lipinski definition) is 7. The van der Waals surface area contributed by atoms with E-state index in [9.17, 15) is 5.26 Å². The molecule has 0 amide bonds. The zero-order valence-electron chi connectivity index (χ0n) is 15.2. The Hall–Kier alpha value is -3.47. The quantitative estimate of drug-likeness (QED) is 0.391. The van der Waals surface area contributed by atoms with Crippen molar-refractivity contribution in [1.82, 2.24) is 15.1 Å². The van der Waals surface area contributed by atoms with Gasteiger partial charge in [0.1, 0.15) is 22.4 Å². The number of methoxy groups -OCH3 is 1. The first-order valence-electron chi connectivity index (χ1n) is 8.48. The van der Waals surface area contributed by atoms with Crippen molar-refractivity contribution >= 4 is 34.6 Å².